The van der Waals surface area contributed by atoms with Gasteiger partial charge in [-0.25, -0.2) is 9.82 Å². The van der Waals surface area contributed by atoms with Crippen LogP contribution >= 0.6 is 15.9 Å². The van der Waals surface area contributed by atoms with Crippen molar-refractivity contribution in [3.8, 4) is 5.75 Å². The topological polar surface area (TPSA) is 79.8 Å². The highest BCUT2D eigenvalue weighted by Gasteiger charge is 2.07. The van der Waals surface area contributed by atoms with Crippen LogP contribution in [0.25, 0.3) is 0 Å². The number of halogens is 2. The molecule has 0 heterocycles. The van der Waals surface area contributed by atoms with Crippen LogP contribution in [-0.4, -0.2) is 18.0 Å². The third kappa shape index (κ3) is 7.63. The van der Waals surface area contributed by atoms with Gasteiger partial charge in [-0.05, 0) is 69.5 Å². The second-order valence-corrected chi connectivity index (χ2v) is 7.67. The van der Waals surface area contributed by atoms with Crippen molar-refractivity contribution < 1.29 is 18.7 Å². The summed E-state index contributed by atoms with van der Waals surface area (Å²) in [6.07, 6.45) is 1.46. The zero-order chi connectivity index (χ0) is 22.8. The summed E-state index contributed by atoms with van der Waals surface area (Å²) in [6, 6.07) is 20.7. The second kappa shape index (κ2) is 11.8. The molecule has 32 heavy (non-hydrogen) atoms. The van der Waals surface area contributed by atoms with Crippen LogP contribution in [0.1, 0.15) is 24.0 Å². The van der Waals surface area contributed by atoms with Crippen molar-refractivity contribution >= 4 is 39.6 Å². The van der Waals surface area contributed by atoms with Crippen molar-refractivity contribution in [2.24, 2.45) is 5.10 Å². The Hall–Kier alpha value is -3.52. The highest BCUT2D eigenvalue weighted by molar-refractivity contribution is 9.10. The zero-order valence-electron chi connectivity index (χ0n) is 17.1. The van der Waals surface area contributed by atoms with Crippen LogP contribution in [0, 0.1) is 5.82 Å². The van der Waals surface area contributed by atoms with Crippen molar-refractivity contribution in [2.75, 3.05) is 5.32 Å². The SMILES string of the molecule is O=C(CCC(=O)Nc1ccc(F)cc1)NN=Cc1ccc(OCc2ccccc2)c(Br)c1. The molecular formula is C24H21BrFN3O3. The van der Waals surface area contributed by atoms with Gasteiger partial charge in [-0.1, -0.05) is 30.3 Å². The van der Waals surface area contributed by atoms with Crippen LogP contribution in [0.15, 0.2) is 82.4 Å². The maximum Gasteiger partial charge on any atom is 0.240 e. The van der Waals surface area contributed by atoms with Crippen LogP contribution in [0.5, 0.6) is 5.75 Å². The van der Waals surface area contributed by atoms with Crippen LogP contribution in [0.2, 0.25) is 0 Å². The lowest BCUT2D eigenvalue weighted by molar-refractivity contribution is -0.124. The molecule has 0 spiro atoms. The van der Waals surface area contributed by atoms with E-state index in [4.69, 9.17) is 4.74 Å². The van der Waals surface area contributed by atoms with E-state index in [1.807, 2.05) is 48.5 Å². The lowest BCUT2D eigenvalue weighted by Crippen LogP contribution is -2.20. The number of nitrogens with one attached hydrogen (secondary N) is 2. The molecule has 2 N–H and O–H groups in total. The summed E-state index contributed by atoms with van der Waals surface area (Å²) in [7, 11) is 0. The molecule has 0 fully saturated rings. The molecular weight excluding hydrogens is 477 g/mol. The number of rotatable bonds is 9. The van der Waals surface area contributed by atoms with E-state index in [0.717, 1.165) is 15.6 Å². The van der Waals surface area contributed by atoms with Gasteiger partial charge in [-0.15, -0.1) is 0 Å². The molecule has 0 unspecified atom stereocenters. The Morgan fingerprint density at radius 3 is 2.41 bits per heavy atom. The van der Waals surface area contributed by atoms with E-state index in [1.54, 1.807) is 0 Å². The van der Waals surface area contributed by atoms with Crippen molar-refractivity contribution in [3.63, 3.8) is 0 Å². The smallest absolute Gasteiger partial charge is 0.240 e. The van der Waals surface area contributed by atoms with Crippen molar-refractivity contribution in [1.82, 2.24) is 5.43 Å². The van der Waals surface area contributed by atoms with Gasteiger partial charge in [0.1, 0.15) is 18.2 Å². The first kappa shape index (κ1) is 23.1. The molecule has 0 atom stereocenters. The molecule has 3 rings (SSSR count). The summed E-state index contributed by atoms with van der Waals surface area (Å²) < 4.78 is 19.4. The normalized spacial score (nSPS) is 10.7. The van der Waals surface area contributed by atoms with E-state index in [9.17, 15) is 14.0 Å². The van der Waals surface area contributed by atoms with Crippen LogP contribution in [0.4, 0.5) is 10.1 Å². The maximum atomic E-state index is 12.9. The van der Waals surface area contributed by atoms with Gasteiger partial charge in [0.2, 0.25) is 11.8 Å². The number of hydrogen-bond donors (Lipinski definition) is 2. The van der Waals surface area contributed by atoms with Gasteiger partial charge in [-0.2, -0.15) is 5.10 Å². The second-order valence-electron chi connectivity index (χ2n) is 6.81. The molecule has 0 saturated heterocycles. The molecule has 0 aliphatic carbocycles. The molecule has 3 aromatic rings. The first-order chi connectivity index (χ1) is 15.5. The molecule has 0 radical (unpaired) electrons. The summed E-state index contributed by atoms with van der Waals surface area (Å²) in [4.78, 5) is 23.8. The molecule has 0 aliphatic rings. The van der Waals surface area contributed by atoms with Crippen LogP contribution < -0.4 is 15.5 Å². The predicted molar refractivity (Wildman–Crippen MR) is 125 cm³/mol. The Bertz CT molecular complexity index is 1090. The van der Waals surface area contributed by atoms with Gasteiger partial charge in [0.15, 0.2) is 0 Å². The minimum Gasteiger partial charge on any atom is -0.488 e. The lowest BCUT2D eigenvalue weighted by atomic mass is 10.2. The Kier molecular flexibility index (Phi) is 8.51. The highest BCUT2D eigenvalue weighted by Crippen LogP contribution is 2.26. The van der Waals surface area contributed by atoms with E-state index < -0.39 is 5.91 Å². The molecule has 0 aromatic heterocycles. The molecule has 8 heteroatoms. The summed E-state index contributed by atoms with van der Waals surface area (Å²) in [5.74, 6) is -0.424. The number of carbonyl (C=O) groups is 2. The van der Waals surface area contributed by atoms with Gasteiger partial charge >= 0.3 is 0 Å². The van der Waals surface area contributed by atoms with Crippen molar-refractivity contribution in [1.29, 1.82) is 0 Å². The Morgan fingerprint density at radius 2 is 1.69 bits per heavy atom. The first-order valence-electron chi connectivity index (χ1n) is 9.83. The monoisotopic (exact) mass is 497 g/mol. The van der Waals surface area contributed by atoms with Gasteiger partial charge in [0.25, 0.3) is 0 Å². The molecule has 0 aliphatic heterocycles. The molecule has 164 valence electrons. The van der Waals surface area contributed by atoms with Crippen LogP contribution in [0.3, 0.4) is 0 Å². The summed E-state index contributed by atoms with van der Waals surface area (Å²) in [5.41, 5.74) is 4.69. The van der Waals surface area contributed by atoms with E-state index >= 15 is 0 Å². The summed E-state index contributed by atoms with van der Waals surface area (Å²) in [6.45, 7) is 0.456. The zero-order valence-corrected chi connectivity index (χ0v) is 18.6. The Balaban J connectivity index is 1.41. The summed E-state index contributed by atoms with van der Waals surface area (Å²) >= 11 is 3.47. The fraction of sp³-hybridized carbons (Fsp3) is 0.125. The minimum absolute atomic E-state index is 0.0161. The number of amides is 2. The highest BCUT2D eigenvalue weighted by atomic mass is 79.9. The van der Waals surface area contributed by atoms with Crippen LogP contribution in [-0.2, 0) is 16.2 Å². The van der Waals surface area contributed by atoms with Crippen molar-refractivity contribution in [3.05, 3.63) is 94.2 Å². The van der Waals surface area contributed by atoms with Gasteiger partial charge in [-0.3, -0.25) is 9.59 Å². The lowest BCUT2D eigenvalue weighted by Gasteiger charge is -2.08. The number of ether oxygens (including phenoxy) is 1. The Morgan fingerprint density at radius 1 is 0.969 bits per heavy atom. The number of carbonyl (C=O) groups excluding carboxylic acids is 2. The standard InChI is InChI=1S/C24H21BrFN3O3/c25-21-14-18(6-11-22(21)32-16-17-4-2-1-3-5-17)15-27-29-24(31)13-12-23(30)28-20-9-7-19(26)8-10-20/h1-11,14-15H,12-13,16H2,(H,28,30)(H,29,31). The van der Waals surface area contributed by atoms with E-state index in [1.165, 1.54) is 30.5 Å². The molecule has 0 bridgehead atoms. The third-order valence-corrected chi connectivity index (χ3v) is 4.92. The first-order valence-corrected chi connectivity index (χ1v) is 10.6. The molecule has 0 saturated carbocycles. The average Bonchev–Trinajstić information content (AvgIpc) is 2.79. The molecule has 6 nitrogen and oxygen atoms in total. The minimum atomic E-state index is -0.391. The number of nitrogens with zero attached hydrogens (tertiary/aromatic N) is 1. The van der Waals surface area contributed by atoms with E-state index in [0.29, 0.717) is 18.0 Å². The Labute approximate surface area is 193 Å². The fourth-order valence-electron chi connectivity index (χ4n) is 2.67. The number of hydrazone groups is 1. The third-order valence-electron chi connectivity index (χ3n) is 4.30. The number of hydrogen-bond acceptors (Lipinski definition) is 4. The largest absolute Gasteiger partial charge is 0.488 e. The van der Waals surface area contributed by atoms with Crippen molar-refractivity contribution in [2.45, 2.75) is 19.4 Å². The van der Waals surface area contributed by atoms with E-state index in [2.05, 4.69) is 31.8 Å². The van der Waals surface area contributed by atoms with Gasteiger partial charge < -0.3 is 10.1 Å². The predicted octanol–water partition coefficient (Wildman–Crippen LogP) is 5.04. The fourth-order valence-corrected chi connectivity index (χ4v) is 3.18. The van der Waals surface area contributed by atoms with Gasteiger partial charge in [0.05, 0.1) is 10.7 Å². The van der Waals surface area contributed by atoms with E-state index in [-0.39, 0.29) is 24.6 Å². The maximum absolute atomic E-state index is 12.9. The molecule has 3 aromatic carbocycles. The molecule has 2 amide bonds. The number of benzene rings is 3. The number of anilines is 1. The quantitative estimate of drug-likeness (QED) is 0.321. The summed E-state index contributed by atoms with van der Waals surface area (Å²) in [5, 5.41) is 6.52. The van der Waals surface area contributed by atoms with Gasteiger partial charge in [0, 0.05) is 18.5 Å². The average molecular weight is 498 g/mol.